The quantitative estimate of drug-likeness (QED) is 0.506. The molecule has 2 aromatic carbocycles. The summed E-state index contributed by atoms with van der Waals surface area (Å²) < 4.78 is 21.7. The summed E-state index contributed by atoms with van der Waals surface area (Å²) in [6, 6.07) is 10.9. The minimum absolute atomic E-state index is 0.116. The topological polar surface area (TPSA) is 51.9 Å². The first-order chi connectivity index (χ1) is 16.0. The van der Waals surface area contributed by atoms with Crippen LogP contribution in [0, 0.1) is 12.7 Å². The first-order valence-corrected chi connectivity index (χ1v) is 11.2. The SMILES string of the molecule is COc1cc(C=C2CCCN3C2=NOCC3c2ccc(Cl)c(F)c2)ccc1-n1cnc(C)c1. The molecule has 0 bridgehead atoms. The average molecular weight is 467 g/mol. The van der Waals surface area contributed by atoms with E-state index in [9.17, 15) is 4.39 Å². The maximum Gasteiger partial charge on any atom is 0.172 e. The Bertz CT molecular complexity index is 1250. The molecule has 5 rings (SSSR count). The second kappa shape index (κ2) is 8.90. The van der Waals surface area contributed by atoms with Crippen LogP contribution < -0.4 is 4.74 Å². The van der Waals surface area contributed by atoms with Crippen LogP contribution in [0.4, 0.5) is 4.39 Å². The van der Waals surface area contributed by atoms with E-state index in [1.807, 2.05) is 35.9 Å². The maximum atomic E-state index is 14.1. The molecular formula is C25H24ClFN4O2. The summed E-state index contributed by atoms with van der Waals surface area (Å²) in [5.41, 5.74) is 4.78. The Kier molecular flexibility index (Phi) is 5.81. The van der Waals surface area contributed by atoms with Crippen LogP contribution in [-0.2, 0) is 4.84 Å². The molecule has 0 saturated carbocycles. The van der Waals surface area contributed by atoms with Crippen LogP contribution in [0.2, 0.25) is 5.02 Å². The predicted molar refractivity (Wildman–Crippen MR) is 126 cm³/mol. The summed E-state index contributed by atoms with van der Waals surface area (Å²) in [7, 11) is 1.66. The van der Waals surface area contributed by atoms with Gasteiger partial charge in [0.25, 0.3) is 0 Å². The molecule has 1 atom stereocenters. The third kappa shape index (κ3) is 4.20. The smallest absolute Gasteiger partial charge is 0.172 e. The Morgan fingerprint density at radius 2 is 2.12 bits per heavy atom. The van der Waals surface area contributed by atoms with E-state index in [0.717, 1.165) is 59.1 Å². The highest BCUT2D eigenvalue weighted by Crippen LogP contribution is 2.34. The average Bonchev–Trinajstić information content (AvgIpc) is 3.26. The van der Waals surface area contributed by atoms with Crippen molar-refractivity contribution in [2.45, 2.75) is 25.8 Å². The fraction of sp³-hybridized carbons (Fsp3) is 0.280. The lowest BCUT2D eigenvalue weighted by molar-refractivity contribution is 0.0574. The number of ether oxygens (including phenoxy) is 1. The Balaban J connectivity index is 1.45. The largest absolute Gasteiger partial charge is 0.495 e. The molecule has 0 spiro atoms. The molecule has 1 saturated heterocycles. The van der Waals surface area contributed by atoms with Gasteiger partial charge in [-0.05, 0) is 66.8 Å². The van der Waals surface area contributed by atoms with Crippen LogP contribution in [0.25, 0.3) is 11.8 Å². The number of hydrogen-bond acceptors (Lipinski definition) is 5. The maximum absolute atomic E-state index is 14.1. The highest BCUT2D eigenvalue weighted by Gasteiger charge is 2.33. The Morgan fingerprint density at radius 3 is 2.88 bits per heavy atom. The lowest BCUT2D eigenvalue weighted by atomic mass is 9.96. The van der Waals surface area contributed by atoms with Crippen LogP contribution in [0.15, 0.2) is 59.7 Å². The number of amidine groups is 1. The lowest BCUT2D eigenvalue weighted by Gasteiger charge is -2.40. The minimum atomic E-state index is -0.425. The molecule has 1 unspecified atom stereocenters. The van der Waals surface area contributed by atoms with Gasteiger partial charge in [-0.15, -0.1) is 0 Å². The van der Waals surface area contributed by atoms with Crippen LogP contribution >= 0.6 is 11.6 Å². The first kappa shape index (κ1) is 21.5. The minimum Gasteiger partial charge on any atom is -0.495 e. The van der Waals surface area contributed by atoms with Crippen molar-refractivity contribution in [3.8, 4) is 11.4 Å². The molecule has 8 heteroatoms. The molecule has 170 valence electrons. The summed E-state index contributed by atoms with van der Waals surface area (Å²) >= 11 is 5.88. The van der Waals surface area contributed by atoms with Gasteiger partial charge >= 0.3 is 0 Å². The number of imidazole rings is 1. The van der Waals surface area contributed by atoms with E-state index in [1.165, 1.54) is 6.07 Å². The van der Waals surface area contributed by atoms with Crippen molar-refractivity contribution in [1.82, 2.24) is 14.5 Å². The second-order valence-corrected chi connectivity index (χ2v) is 8.63. The molecule has 2 aliphatic heterocycles. The number of aryl methyl sites for hydroxylation is 1. The van der Waals surface area contributed by atoms with Crippen LogP contribution in [0.3, 0.4) is 0 Å². The summed E-state index contributed by atoms with van der Waals surface area (Å²) in [4.78, 5) is 12.1. The number of oxime groups is 1. The standard InChI is InChI=1S/C25H24ClFN4O2/c1-16-13-30(15-28-16)22-8-5-17(11-24(22)32-2)10-19-4-3-9-31-23(14-33-29-25(19)31)18-6-7-20(26)21(27)12-18/h5-8,10-13,15,23H,3-4,9,14H2,1-2H3. The van der Waals surface area contributed by atoms with E-state index < -0.39 is 5.82 Å². The molecule has 3 heterocycles. The van der Waals surface area contributed by atoms with Gasteiger partial charge in [0, 0.05) is 12.7 Å². The van der Waals surface area contributed by atoms with Crippen molar-refractivity contribution in [2.24, 2.45) is 5.16 Å². The molecule has 0 aliphatic carbocycles. The molecule has 6 nitrogen and oxygen atoms in total. The number of benzene rings is 2. The van der Waals surface area contributed by atoms with Crippen LogP contribution in [-0.4, -0.2) is 40.5 Å². The third-order valence-corrected chi connectivity index (χ3v) is 6.33. The van der Waals surface area contributed by atoms with E-state index in [2.05, 4.69) is 27.2 Å². The molecule has 0 amide bonds. The number of aromatic nitrogens is 2. The van der Waals surface area contributed by atoms with Gasteiger partial charge in [-0.1, -0.05) is 28.9 Å². The van der Waals surface area contributed by atoms with E-state index >= 15 is 0 Å². The molecular weight excluding hydrogens is 443 g/mol. The van der Waals surface area contributed by atoms with Gasteiger partial charge in [0.1, 0.15) is 18.2 Å². The summed E-state index contributed by atoms with van der Waals surface area (Å²) in [6.45, 7) is 3.15. The van der Waals surface area contributed by atoms with Crippen molar-refractivity contribution in [3.63, 3.8) is 0 Å². The number of methoxy groups -OCH3 is 1. The van der Waals surface area contributed by atoms with E-state index in [1.54, 1.807) is 19.5 Å². The zero-order valence-electron chi connectivity index (χ0n) is 18.5. The lowest BCUT2D eigenvalue weighted by Crippen LogP contribution is -2.44. The number of fused-ring (bicyclic) bond motifs is 1. The normalized spacial score (nSPS) is 19.2. The first-order valence-electron chi connectivity index (χ1n) is 10.8. The van der Waals surface area contributed by atoms with Gasteiger partial charge in [-0.25, -0.2) is 9.37 Å². The molecule has 0 radical (unpaired) electrons. The summed E-state index contributed by atoms with van der Waals surface area (Å²) in [6.07, 6.45) is 7.71. The molecule has 0 N–H and O–H groups in total. The van der Waals surface area contributed by atoms with Crippen LogP contribution in [0.5, 0.6) is 5.75 Å². The van der Waals surface area contributed by atoms with Crippen molar-refractivity contribution in [1.29, 1.82) is 0 Å². The van der Waals surface area contributed by atoms with Gasteiger partial charge in [0.15, 0.2) is 5.84 Å². The zero-order chi connectivity index (χ0) is 22.9. The number of halogens is 2. The molecule has 2 aliphatic rings. The fourth-order valence-corrected chi connectivity index (χ4v) is 4.52. The number of piperidine rings is 1. The number of hydrogen-bond donors (Lipinski definition) is 0. The number of nitrogens with zero attached hydrogens (tertiary/aromatic N) is 4. The number of rotatable bonds is 4. The van der Waals surface area contributed by atoms with Gasteiger partial charge in [-0.2, -0.15) is 0 Å². The fourth-order valence-electron chi connectivity index (χ4n) is 4.40. The van der Waals surface area contributed by atoms with E-state index in [0.29, 0.717) is 6.61 Å². The second-order valence-electron chi connectivity index (χ2n) is 8.22. The van der Waals surface area contributed by atoms with Gasteiger partial charge < -0.3 is 19.0 Å². The highest BCUT2D eigenvalue weighted by molar-refractivity contribution is 6.30. The Hall–Kier alpha value is -3.32. The summed E-state index contributed by atoms with van der Waals surface area (Å²) in [5, 5.41) is 4.48. The third-order valence-electron chi connectivity index (χ3n) is 6.03. The predicted octanol–water partition coefficient (Wildman–Crippen LogP) is 5.55. The Labute approximate surface area is 196 Å². The zero-order valence-corrected chi connectivity index (χ0v) is 19.2. The van der Waals surface area contributed by atoms with Gasteiger partial charge in [-0.3, -0.25) is 0 Å². The van der Waals surface area contributed by atoms with Gasteiger partial charge in [0.05, 0.1) is 35.9 Å². The molecule has 1 fully saturated rings. The van der Waals surface area contributed by atoms with Gasteiger partial charge in [0.2, 0.25) is 0 Å². The van der Waals surface area contributed by atoms with Crippen molar-refractivity contribution in [3.05, 3.63) is 82.2 Å². The molecule has 3 aromatic rings. The van der Waals surface area contributed by atoms with E-state index in [4.69, 9.17) is 21.2 Å². The molecule has 33 heavy (non-hydrogen) atoms. The van der Waals surface area contributed by atoms with Crippen molar-refractivity contribution >= 4 is 23.5 Å². The van der Waals surface area contributed by atoms with Crippen molar-refractivity contribution < 1.29 is 14.0 Å². The van der Waals surface area contributed by atoms with E-state index in [-0.39, 0.29) is 11.1 Å². The summed E-state index contributed by atoms with van der Waals surface area (Å²) in [5.74, 6) is 1.12. The van der Waals surface area contributed by atoms with Crippen molar-refractivity contribution in [2.75, 3.05) is 20.3 Å². The molecule has 1 aromatic heterocycles. The monoisotopic (exact) mass is 466 g/mol. The highest BCUT2D eigenvalue weighted by atomic mass is 35.5. The van der Waals surface area contributed by atoms with Crippen LogP contribution in [0.1, 0.15) is 35.7 Å². The Morgan fingerprint density at radius 1 is 1.24 bits per heavy atom.